The number of hydrogen-bond acceptors (Lipinski definition) is 3. The van der Waals surface area contributed by atoms with Gasteiger partial charge in [0.15, 0.2) is 0 Å². The normalized spacial score (nSPS) is 13.8. The molecule has 1 aromatic rings. The van der Waals surface area contributed by atoms with Crippen molar-refractivity contribution >= 4 is 11.8 Å². The van der Waals surface area contributed by atoms with E-state index in [9.17, 15) is 9.59 Å². The number of nitrogens with zero attached hydrogens (tertiary/aromatic N) is 1. The lowest BCUT2D eigenvalue weighted by Crippen LogP contribution is -2.30. The molecule has 0 aromatic heterocycles. The second kappa shape index (κ2) is 8.69. The van der Waals surface area contributed by atoms with Gasteiger partial charge in [0.1, 0.15) is 0 Å². The fourth-order valence-electron chi connectivity index (χ4n) is 2.92. The Morgan fingerprint density at radius 1 is 0.727 bits per heavy atom. The molecule has 0 aliphatic carbocycles. The summed E-state index contributed by atoms with van der Waals surface area (Å²) in [4.78, 5) is 25.7. The van der Waals surface area contributed by atoms with Crippen molar-refractivity contribution in [2.75, 3.05) is 13.1 Å². The van der Waals surface area contributed by atoms with E-state index in [2.05, 4.69) is 0 Å². The molecule has 0 atom stereocenters. The molecular weight excluding hydrogens is 276 g/mol. The molecular formula is C18H26N2O2. The van der Waals surface area contributed by atoms with Gasteiger partial charge in [0, 0.05) is 6.54 Å². The standard InChI is InChI=1S/C18H26N2O2/c19-13-9-5-3-1-2-4-6-10-14-20-17(21)15-11-7-8-12-16(15)18(20)22/h7-8,11-12H,1-6,9-10,13-14,19H2. The third kappa shape index (κ3) is 4.17. The van der Waals surface area contributed by atoms with Crippen LogP contribution in [0.5, 0.6) is 0 Å². The average Bonchev–Trinajstić information content (AvgIpc) is 2.78. The summed E-state index contributed by atoms with van der Waals surface area (Å²) in [6.45, 7) is 1.33. The van der Waals surface area contributed by atoms with Crippen LogP contribution in [0.2, 0.25) is 0 Å². The molecule has 2 N–H and O–H groups in total. The van der Waals surface area contributed by atoms with Crippen LogP contribution in [-0.2, 0) is 0 Å². The number of nitrogens with two attached hydrogens (primary N) is 1. The number of unbranched alkanes of at least 4 members (excludes halogenated alkanes) is 7. The number of rotatable bonds is 10. The van der Waals surface area contributed by atoms with E-state index in [1.54, 1.807) is 24.3 Å². The Bertz CT molecular complexity index is 479. The zero-order chi connectivity index (χ0) is 15.8. The van der Waals surface area contributed by atoms with Gasteiger partial charge in [-0.05, 0) is 31.5 Å². The summed E-state index contributed by atoms with van der Waals surface area (Å²) in [5, 5.41) is 0. The summed E-state index contributed by atoms with van der Waals surface area (Å²) in [5.74, 6) is -0.273. The summed E-state index contributed by atoms with van der Waals surface area (Å²) in [7, 11) is 0. The quantitative estimate of drug-likeness (QED) is 0.532. The van der Waals surface area contributed by atoms with Crippen molar-refractivity contribution in [3.63, 3.8) is 0 Å². The summed E-state index contributed by atoms with van der Waals surface area (Å²) < 4.78 is 0. The van der Waals surface area contributed by atoms with E-state index in [0.717, 1.165) is 25.8 Å². The minimum Gasteiger partial charge on any atom is -0.330 e. The van der Waals surface area contributed by atoms with E-state index < -0.39 is 0 Å². The van der Waals surface area contributed by atoms with Crippen molar-refractivity contribution in [1.82, 2.24) is 4.90 Å². The van der Waals surface area contributed by atoms with Gasteiger partial charge in [0.25, 0.3) is 11.8 Å². The largest absolute Gasteiger partial charge is 0.330 e. The van der Waals surface area contributed by atoms with E-state index >= 15 is 0 Å². The molecule has 22 heavy (non-hydrogen) atoms. The van der Waals surface area contributed by atoms with Crippen molar-refractivity contribution in [3.05, 3.63) is 35.4 Å². The number of amides is 2. The van der Waals surface area contributed by atoms with Gasteiger partial charge < -0.3 is 5.73 Å². The van der Waals surface area contributed by atoms with Crippen LogP contribution in [0.25, 0.3) is 0 Å². The first-order valence-corrected chi connectivity index (χ1v) is 8.41. The number of carbonyl (C=O) groups is 2. The first-order valence-electron chi connectivity index (χ1n) is 8.41. The van der Waals surface area contributed by atoms with Crippen LogP contribution < -0.4 is 5.73 Å². The minimum absolute atomic E-state index is 0.137. The Morgan fingerprint density at radius 3 is 1.68 bits per heavy atom. The molecule has 1 aromatic carbocycles. The van der Waals surface area contributed by atoms with Gasteiger partial charge in [-0.15, -0.1) is 0 Å². The van der Waals surface area contributed by atoms with Gasteiger partial charge in [-0.2, -0.15) is 0 Å². The van der Waals surface area contributed by atoms with E-state index in [1.165, 1.54) is 37.0 Å². The maximum absolute atomic E-state index is 12.2. The highest BCUT2D eigenvalue weighted by molar-refractivity contribution is 6.21. The summed E-state index contributed by atoms with van der Waals surface area (Å²) >= 11 is 0. The fraction of sp³-hybridized carbons (Fsp3) is 0.556. The lowest BCUT2D eigenvalue weighted by Gasteiger charge is -2.13. The summed E-state index contributed by atoms with van der Waals surface area (Å²) in [5.41, 5.74) is 6.56. The zero-order valence-electron chi connectivity index (χ0n) is 13.2. The predicted octanol–water partition coefficient (Wildman–Crippen LogP) is 3.36. The molecule has 2 amide bonds. The first kappa shape index (κ1) is 16.7. The third-order valence-electron chi connectivity index (χ3n) is 4.21. The predicted molar refractivity (Wildman–Crippen MR) is 87.8 cm³/mol. The summed E-state index contributed by atoms with van der Waals surface area (Å²) in [6, 6.07) is 7.07. The monoisotopic (exact) mass is 302 g/mol. The van der Waals surface area contributed by atoms with E-state index in [4.69, 9.17) is 5.73 Å². The fourth-order valence-corrected chi connectivity index (χ4v) is 2.92. The zero-order valence-corrected chi connectivity index (χ0v) is 13.2. The summed E-state index contributed by atoms with van der Waals surface area (Å²) in [6.07, 6.45) is 9.24. The molecule has 0 fully saturated rings. The van der Waals surface area contributed by atoms with Crippen LogP contribution in [0, 0.1) is 0 Å². The Hall–Kier alpha value is -1.68. The Balaban J connectivity index is 1.63. The Morgan fingerprint density at radius 2 is 1.18 bits per heavy atom. The van der Waals surface area contributed by atoms with Crippen molar-refractivity contribution in [2.24, 2.45) is 5.73 Å². The second-order valence-electron chi connectivity index (χ2n) is 5.92. The molecule has 1 heterocycles. The maximum Gasteiger partial charge on any atom is 0.261 e. The lowest BCUT2D eigenvalue weighted by molar-refractivity contribution is 0.0651. The molecule has 4 heteroatoms. The minimum atomic E-state index is -0.137. The van der Waals surface area contributed by atoms with Crippen LogP contribution in [0.4, 0.5) is 0 Å². The number of benzene rings is 1. The molecule has 1 aliphatic heterocycles. The number of carbonyl (C=O) groups excluding carboxylic acids is 2. The van der Waals surface area contributed by atoms with Crippen LogP contribution in [0.15, 0.2) is 24.3 Å². The maximum atomic E-state index is 12.2. The van der Waals surface area contributed by atoms with Gasteiger partial charge >= 0.3 is 0 Å². The molecule has 2 rings (SSSR count). The average molecular weight is 302 g/mol. The van der Waals surface area contributed by atoms with Crippen LogP contribution in [0.1, 0.15) is 72.1 Å². The number of hydrogen-bond donors (Lipinski definition) is 1. The Kier molecular flexibility index (Phi) is 6.59. The van der Waals surface area contributed by atoms with E-state index in [-0.39, 0.29) is 11.8 Å². The van der Waals surface area contributed by atoms with Crippen molar-refractivity contribution in [1.29, 1.82) is 0 Å². The lowest BCUT2D eigenvalue weighted by atomic mass is 10.1. The third-order valence-corrected chi connectivity index (χ3v) is 4.21. The molecule has 0 bridgehead atoms. The molecule has 0 saturated carbocycles. The highest BCUT2D eigenvalue weighted by Gasteiger charge is 2.34. The first-order chi connectivity index (χ1) is 10.8. The number of imide groups is 1. The van der Waals surface area contributed by atoms with Gasteiger partial charge in [-0.25, -0.2) is 0 Å². The Labute approximate surface area is 132 Å². The molecule has 0 unspecified atom stereocenters. The van der Waals surface area contributed by atoms with Gasteiger partial charge in [-0.1, -0.05) is 50.7 Å². The van der Waals surface area contributed by atoms with E-state index in [0.29, 0.717) is 17.7 Å². The second-order valence-corrected chi connectivity index (χ2v) is 5.92. The highest BCUT2D eigenvalue weighted by atomic mass is 16.2. The van der Waals surface area contributed by atoms with Crippen LogP contribution in [0.3, 0.4) is 0 Å². The van der Waals surface area contributed by atoms with Crippen molar-refractivity contribution in [2.45, 2.75) is 51.4 Å². The van der Waals surface area contributed by atoms with Gasteiger partial charge in [0.2, 0.25) is 0 Å². The van der Waals surface area contributed by atoms with E-state index in [1.807, 2.05) is 0 Å². The molecule has 0 saturated heterocycles. The van der Waals surface area contributed by atoms with Crippen molar-refractivity contribution < 1.29 is 9.59 Å². The van der Waals surface area contributed by atoms with Crippen molar-refractivity contribution in [3.8, 4) is 0 Å². The molecule has 4 nitrogen and oxygen atoms in total. The molecule has 0 radical (unpaired) electrons. The van der Waals surface area contributed by atoms with Crippen LogP contribution >= 0.6 is 0 Å². The SMILES string of the molecule is NCCCCCCCCCCN1C(=O)c2ccccc2C1=O. The van der Waals surface area contributed by atoms with Crippen LogP contribution in [-0.4, -0.2) is 29.8 Å². The molecule has 0 spiro atoms. The molecule has 1 aliphatic rings. The molecule has 120 valence electrons. The number of fused-ring (bicyclic) bond motifs is 1. The van der Waals surface area contributed by atoms with Gasteiger partial charge in [0.05, 0.1) is 11.1 Å². The van der Waals surface area contributed by atoms with Gasteiger partial charge in [-0.3, -0.25) is 14.5 Å². The highest BCUT2D eigenvalue weighted by Crippen LogP contribution is 2.22. The smallest absolute Gasteiger partial charge is 0.261 e. The topological polar surface area (TPSA) is 63.4 Å².